The maximum absolute atomic E-state index is 9.15. The lowest BCUT2D eigenvalue weighted by molar-refractivity contribution is 0.978. The van der Waals surface area contributed by atoms with Gasteiger partial charge in [-0.25, -0.2) is 0 Å². The van der Waals surface area contributed by atoms with E-state index in [0.29, 0.717) is 0 Å². The van der Waals surface area contributed by atoms with Crippen LogP contribution in [-0.4, -0.2) is 4.57 Å². The van der Waals surface area contributed by atoms with E-state index in [1.54, 1.807) is 0 Å². The lowest BCUT2D eigenvalue weighted by Crippen LogP contribution is -1.90. The number of nitrogens with zero attached hydrogens (tertiary/aromatic N) is 2. The lowest BCUT2D eigenvalue weighted by Gasteiger charge is -2.03. The molecule has 2 aromatic carbocycles. The highest BCUT2D eigenvalue weighted by atomic mass is 14.9. The SMILES string of the molecule is Cn1c(-c2ccccc2)cc2c(C#N)cccc21. The van der Waals surface area contributed by atoms with Crippen molar-refractivity contribution in [1.29, 1.82) is 5.26 Å². The summed E-state index contributed by atoms with van der Waals surface area (Å²) < 4.78 is 2.13. The normalized spacial score (nSPS) is 10.4. The zero-order valence-electron chi connectivity index (χ0n) is 10.1. The molecule has 2 nitrogen and oxygen atoms in total. The monoisotopic (exact) mass is 232 g/mol. The van der Waals surface area contributed by atoms with Gasteiger partial charge in [-0.3, -0.25) is 0 Å². The Kier molecular flexibility index (Phi) is 2.39. The Balaban J connectivity index is 2.34. The fraction of sp³-hybridized carbons (Fsp3) is 0.0625. The predicted octanol–water partition coefficient (Wildman–Crippen LogP) is 3.72. The minimum absolute atomic E-state index is 0.727. The molecular weight excluding hydrogens is 220 g/mol. The summed E-state index contributed by atoms with van der Waals surface area (Å²) in [7, 11) is 2.03. The van der Waals surface area contributed by atoms with Crippen molar-refractivity contribution < 1.29 is 0 Å². The van der Waals surface area contributed by atoms with Crippen molar-refractivity contribution in [2.45, 2.75) is 0 Å². The van der Waals surface area contributed by atoms with Crippen molar-refractivity contribution in [1.82, 2.24) is 4.57 Å². The number of aromatic nitrogens is 1. The molecule has 0 aliphatic rings. The van der Waals surface area contributed by atoms with Crippen molar-refractivity contribution in [2.75, 3.05) is 0 Å². The van der Waals surface area contributed by atoms with E-state index < -0.39 is 0 Å². The molecule has 0 saturated carbocycles. The Morgan fingerprint density at radius 1 is 1.00 bits per heavy atom. The summed E-state index contributed by atoms with van der Waals surface area (Å²) in [5, 5.41) is 10.2. The molecule has 0 atom stereocenters. The average Bonchev–Trinajstić information content (AvgIpc) is 2.77. The second-order valence-corrected chi connectivity index (χ2v) is 4.30. The summed E-state index contributed by atoms with van der Waals surface area (Å²) in [5.41, 5.74) is 4.12. The van der Waals surface area contributed by atoms with E-state index in [0.717, 1.165) is 22.2 Å². The van der Waals surface area contributed by atoms with Crippen molar-refractivity contribution in [3.8, 4) is 17.3 Å². The molecule has 0 fully saturated rings. The van der Waals surface area contributed by atoms with Crippen LogP contribution in [0.15, 0.2) is 54.6 Å². The smallest absolute Gasteiger partial charge is 0.0998 e. The minimum Gasteiger partial charge on any atom is -0.344 e. The number of benzene rings is 2. The second kappa shape index (κ2) is 4.05. The van der Waals surface area contributed by atoms with E-state index in [-0.39, 0.29) is 0 Å². The van der Waals surface area contributed by atoms with Crippen molar-refractivity contribution >= 4 is 10.9 Å². The predicted molar refractivity (Wildman–Crippen MR) is 73.1 cm³/mol. The van der Waals surface area contributed by atoms with Crippen molar-refractivity contribution in [2.24, 2.45) is 7.05 Å². The molecule has 2 heteroatoms. The zero-order chi connectivity index (χ0) is 12.5. The number of hydrogen-bond acceptors (Lipinski definition) is 1. The van der Waals surface area contributed by atoms with Crippen LogP contribution >= 0.6 is 0 Å². The highest BCUT2D eigenvalue weighted by molar-refractivity contribution is 5.91. The molecule has 3 aromatic rings. The lowest BCUT2D eigenvalue weighted by atomic mass is 10.1. The molecule has 3 rings (SSSR count). The fourth-order valence-corrected chi connectivity index (χ4v) is 2.34. The van der Waals surface area contributed by atoms with Gasteiger partial charge < -0.3 is 4.57 Å². The molecule has 0 unspecified atom stereocenters. The highest BCUT2D eigenvalue weighted by Crippen LogP contribution is 2.28. The topological polar surface area (TPSA) is 28.7 Å². The Labute approximate surface area is 106 Å². The second-order valence-electron chi connectivity index (χ2n) is 4.30. The van der Waals surface area contributed by atoms with Crippen molar-refractivity contribution in [3.63, 3.8) is 0 Å². The third-order valence-electron chi connectivity index (χ3n) is 3.28. The average molecular weight is 232 g/mol. The fourth-order valence-electron chi connectivity index (χ4n) is 2.34. The molecule has 18 heavy (non-hydrogen) atoms. The van der Waals surface area contributed by atoms with E-state index in [2.05, 4.69) is 28.8 Å². The minimum atomic E-state index is 0.727. The van der Waals surface area contributed by atoms with Crippen LogP contribution in [0.5, 0.6) is 0 Å². The van der Waals surface area contributed by atoms with E-state index in [4.69, 9.17) is 5.26 Å². The van der Waals surface area contributed by atoms with E-state index in [9.17, 15) is 0 Å². The van der Waals surface area contributed by atoms with Gasteiger partial charge in [0.25, 0.3) is 0 Å². The third-order valence-corrected chi connectivity index (χ3v) is 3.28. The number of aryl methyl sites for hydroxylation is 1. The maximum Gasteiger partial charge on any atom is 0.0998 e. The summed E-state index contributed by atoms with van der Waals surface area (Å²) in [6.07, 6.45) is 0. The Hall–Kier alpha value is -2.53. The molecule has 0 spiro atoms. The van der Waals surface area contributed by atoms with E-state index in [1.165, 1.54) is 5.56 Å². The van der Waals surface area contributed by atoms with E-state index >= 15 is 0 Å². The molecule has 0 N–H and O–H groups in total. The summed E-state index contributed by atoms with van der Waals surface area (Å²) >= 11 is 0. The van der Waals surface area contributed by atoms with Gasteiger partial charge in [0.05, 0.1) is 11.6 Å². The number of fused-ring (bicyclic) bond motifs is 1. The van der Waals surface area contributed by atoms with Gasteiger partial charge >= 0.3 is 0 Å². The third kappa shape index (κ3) is 1.49. The summed E-state index contributed by atoms with van der Waals surface area (Å²) in [4.78, 5) is 0. The number of nitriles is 1. The van der Waals surface area contributed by atoms with Gasteiger partial charge in [0, 0.05) is 23.6 Å². The summed E-state index contributed by atoms with van der Waals surface area (Å²) in [6.45, 7) is 0. The van der Waals surface area contributed by atoms with Gasteiger partial charge in [0.1, 0.15) is 0 Å². The molecule has 86 valence electrons. The van der Waals surface area contributed by atoms with Gasteiger partial charge in [0.15, 0.2) is 0 Å². The van der Waals surface area contributed by atoms with Crippen LogP contribution < -0.4 is 0 Å². The van der Waals surface area contributed by atoms with Crippen LogP contribution in [0.4, 0.5) is 0 Å². The first-order chi connectivity index (χ1) is 8.81. The molecular formula is C16H12N2. The summed E-state index contributed by atoms with van der Waals surface area (Å²) in [6, 6.07) is 20.4. The van der Waals surface area contributed by atoms with Crippen LogP contribution in [0.3, 0.4) is 0 Å². The highest BCUT2D eigenvalue weighted by Gasteiger charge is 2.09. The van der Waals surface area contributed by atoms with Crippen LogP contribution in [0.2, 0.25) is 0 Å². The van der Waals surface area contributed by atoms with Crippen molar-refractivity contribution in [3.05, 3.63) is 60.2 Å². The molecule has 0 amide bonds. The first kappa shape index (κ1) is 10.6. The molecule has 0 aliphatic carbocycles. The first-order valence-corrected chi connectivity index (χ1v) is 5.85. The molecule has 0 saturated heterocycles. The number of rotatable bonds is 1. The molecule has 0 aliphatic heterocycles. The largest absolute Gasteiger partial charge is 0.344 e. The van der Waals surface area contributed by atoms with Gasteiger partial charge in [-0.15, -0.1) is 0 Å². The molecule has 1 heterocycles. The first-order valence-electron chi connectivity index (χ1n) is 5.85. The van der Waals surface area contributed by atoms with Crippen LogP contribution in [0.1, 0.15) is 5.56 Å². The standard InChI is InChI=1S/C16H12N2/c1-18-15-9-5-8-13(11-17)14(15)10-16(18)12-6-3-2-4-7-12/h2-10H,1H3. The quantitative estimate of drug-likeness (QED) is 0.628. The van der Waals surface area contributed by atoms with Crippen LogP contribution in [0.25, 0.3) is 22.2 Å². The molecule has 1 aromatic heterocycles. The Morgan fingerprint density at radius 3 is 2.50 bits per heavy atom. The summed E-state index contributed by atoms with van der Waals surface area (Å²) in [5.74, 6) is 0. The Bertz CT molecular complexity index is 746. The zero-order valence-corrected chi connectivity index (χ0v) is 10.1. The molecule has 0 radical (unpaired) electrons. The van der Waals surface area contributed by atoms with Gasteiger partial charge in [-0.05, 0) is 23.8 Å². The maximum atomic E-state index is 9.15. The van der Waals surface area contributed by atoms with Gasteiger partial charge in [-0.1, -0.05) is 36.4 Å². The van der Waals surface area contributed by atoms with E-state index in [1.807, 2.05) is 43.4 Å². The van der Waals surface area contributed by atoms with Crippen LogP contribution in [0, 0.1) is 11.3 Å². The van der Waals surface area contributed by atoms with Gasteiger partial charge in [-0.2, -0.15) is 5.26 Å². The Morgan fingerprint density at radius 2 is 1.78 bits per heavy atom. The van der Waals surface area contributed by atoms with Crippen LogP contribution in [-0.2, 0) is 7.05 Å². The molecule has 0 bridgehead atoms. The number of hydrogen-bond donors (Lipinski definition) is 0. The van der Waals surface area contributed by atoms with Gasteiger partial charge in [0.2, 0.25) is 0 Å².